The largest absolute Gasteiger partial charge is 0.464 e. The Balaban J connectivity index is 1.40. The van der Waals surface area contributed by atoms with Crippen molar-refractivity contribution in [3.8, 4) is 5.19 Å². The first-order valence-corrected chi connectivity index (χ1v) is 9.75. The molecular weight excluding hydrogens is 379 g/mol. The summed E-state index contributed by atoms with van der Waals surface area (Å²) in [4.78, 5) is 22.5. The molecule has 4 heterocycles. The summed E-state index contributed by atoms with van der Waals surface area (Å²) in [6, 6.07) is 0.245. The third kappa shape index (κ3) is 3.55. The van der Waals surface area contributed by atoms with Crippen LogP contribution >= 0.6 is 22.7 Å². The number of nitrogens with zero attached hydrogens (tertiary/aromatic N) is 5. The van der Waals surface area contributed by atoms with Gasteiger partial charge in [0, 0.05) is 38.7 Å². The lowest BCUT2D eigenvalue weighted by Gasteiger charge is -2.19. The number of imidazole rings is 1. The number of halogens is 1. The first-order chi connectivity index (χ1) is 12.5. The Morgan fingerprint density at radius 1 is 1.50 bits per heavy atom. The second-order valence-electron chi connectivity index (χ2n) is 6.19. The van der Waals surface area contributed by atoms with Crippen LogP contribution in [0.4, 0.5) is 9.52 Å². The third-order valence-electron chi connectivity index (χ3n) is 4.17. The molecule has 1 unspecified atom stereocenters. The summed E-state index contributed by atoms with van der Waals surface area (Å²) in [5, 5.41) is 7.74. The van der Waals surface area contributed by atoms with Gasteiger partial charge in [0.15, 0.2) is 5.13 Å². The van der Waals surface area contributed by atoms with Crippen LogP contribution in [0.2, 0.25) is 0 Å². The highest BCUT2D eigenvalue weighted by Gasteiger charge is 2.32. The van der Waals surface area contributed by atoms with E-state index in [1.165, 1.54) is 18.3 Å². The molecule has 3 aromatic rings. The van der Waals surface area contributed by atoms with Crippen LogP contribution in [0.1, 0.15) is 25.1 Å². The van der Waals surface area contributed by atoms with Crippen molar-refractivity contribution in [3.05, 3.63) is 23.2 Å². The Kier molecular flexibility index (Phi) is 4.59. The Morgan fingerprint density at radius 3 is 3.12 bits per heavy atom. The first kappa shape index (κ1) is 17.3. The molecule has 26 heavy (non-hydrogen) atoms. The van der Waals surface area contributed by atoms with Crippen molar-refractivity contribution in [1.29, 1.82) is 0 Å². The van der Waals surface area contributed by atoms with Crippen molar-refractivity contribution in [2.24, 2.45) is 0 Å². The fraction of sp³-hybridized carbons (Fsp3) is 0.467. The highest BCUT2D eigenvalue weighted by atomic mass is 32.1. The van der Waals surface area contributed by atoms with Crippen LogP contribution in [-0.2, 0) is 11.3 Å². The molecule has 1 aliphatic heterocycles. The van der Waals surface area contributed by atoms with Crippen LogP contribution < -0.4 is 10.1 Å². The average Bonchev–Trinajstić information content (AvgIpc) is 3.27. The zero-order chi connectivity index (χ0) is 18.3. The van der Waals surface area contributed by atoms with Gasteiger partial charge < -0.3 is 10.1 Å². The smallest absolute Gasteiger partial charge is 0.294 e. The van der Waals surface area contributed by atoms with Gasteiger partial charge in [-0.25, -0.2) is 9.50 Å². The maximum absolute atomic E-state index is 14.0. The maximum Gasteiger partial charge on any atom is 0.294 e. The van der Waals surface area contributed by atoms with Crippen molar-refractivity contribution in [2.75, 3.05) is 11.9 Å². The minimum atomic E-state index is -0.531. The molecule has 0 aliphatic carbocycles. The molecule has 0 radical (unpaired) electrons. The molecule has 0 spiro atoms. The number of fused-ring (bicyclic) bond motifs is 1. The van der Waals surface area contributed by atoms with E-state index in [9.17, 15) is 9.18 Å². The van der Waals surface area contributed by atoms with E-state index in [1.807, 2.05) is 0 Å². The quantitative estimate of drug-likeness (QED) is 0.713. The van der Waals surface area contributed by atoms with Gasteiger partial charge in [0.2, 0.25) is 16.8 Å². The van der Waals surface area contributed by atoms with Crippen molar-refractivity contribution < 1.29 is 13.9 Å². The number of hydrogen-bond acceptors (Lipinski definition) is 8. The second-order valence-corrected chi connectivity index (χ2v) is 8.19. The molecule has 11 heteroatoms. The molecule has 1 fully saturated rings. The molecular formula is C15H17FN6O2S2. The van der Waals surface area contributed by atoms with Crippen LogP contribution in [0.25, 0.3) is 4.96 Å². The van der Waals surface area contributed by atoms with Crippen LogP contribution in [0, 0.1) is 5.95 Å². The van der Waals surface area contributed by atoms with Gasteiger partial charge in [-0.2, -0.15) is 9.37 Å². The summed E-state index contributed by atoms with van der Waals surface area (Å²) < 4.78 is 21.7. The zero-order valence-corrected chi connectivity index (χ0v) is 15.8. The molecule has 3 aromatic heterocycles. The topological polar surface area (TPSA) is 84.7 Å². The molecule has 0 saturated carbocycles. The van der Waals surface area contributed by atoms with Crippen molar-refractivity contribution in [1.82, 2.24) is 24.5 Å². The first-order valence-electron chi connectivity index (χ1n) is 8.11. The Bertz CT molecular complexity index is 909. The Labute approximate surface area is 156 Å². The second kappa shape index (κ2) is 6.89. The number of rotatable bonds is 5. The lowest BCUT2D eigenvalue weighted by Crippen LogP contribution is -2.28. The number of ether oxygens (including phenoxy) is 1. The Hall–Kier alpha value is -2.11. The fourth-order valence-corrected chi connectivity index (χ4v) is 4.67. The number of aromatic nitrogens is 4. The van der Waals surface area contributed by atoms with Crippen LogP contribution in [0.15, 0.2) is 12.4 Å². The van der Waals surface area contributed by atoms with Crippen LogP contribution in [0.3, 0.4) is 0 Å². The van der Waals surface area contributed by atoms with Gasteiger partial charge in [-0.3, -0.25) is 9.69 Å². The summed E-state index contributed by atoms with van der Waals surface area (Å²) in [6.07, 6.45) is 4.30. The van der Waals surface area contributed by atoms with E-state index >= 15 is 0 Å². The van der Waals surface area contributed by atoms with E-state index in [0.29, 0.717) is 23.2 Å². The van der Waals surface area contributed by atoms with E-state index in [2.05, 4.69) is 32.2 Å². The van der Waals surface area contributed by atoms with E-state index in [-0.39, 0.29) is 23.2 Å². The number of amides is 1. The minimum Gasteiger partial charge on any atom is -0.464 e. The summed E-state index contributed by atoms with van der Waals surface area (Å²) in [7, 11) is 0. The fourth-order valence-electron chi connectivity index (χ4n) is 2.98. The molecule has 1 aliphatic rings. The van der Waals surface area contributed by atoms with Gasteiger partial charge in [-0.05, 0) is 18.3 Å². The zero-order valence-electron chi connectivity index (χ0n) is 14.2. The number of thiazole rings is 1. The summed E-state index contributed by atoms with van der Waals surface area (Å²) in [6.45, 7) is 4.58. The lowest BCUT2D eigenvalue weighted by molar-refractivity contribution is -0.114. The molecule has 8 nitrogen and oxygen atoms in total. The SMILES string of the molecule is CC(=O)Nc1nc(F)c(CN2C[C@H](Oc3nn4ccnc4s3)CC2C)s1. The standard InChI is InChI=1S/C15H17FN6O2S2/c1-8-5-10(24-15-20-22-4-3-17-14(22)26-15)6-21(8)7-11-12(16)19-13(25-11)18-9(2)23/h3-4,8,10H,5-7H2,1-2H3,(H,18,19,23)/t8?,10-/m1/s1. The van der Waals surface area contributed by atoms with Crippen LogP contribution in [-0.4, -0.2) is 49.1 Å². The van der Waals surface area contributed by atoms with E-state index in [1.54, 1.807) is 16.9 Å². The normalized spacial score (nSPS) is 20.7. The monoisotopic (exact) mass is 396 g/mol. The number of carbonyl (C=O) groups is 1. The number of carbonyl (C=O) groups excluding carboxylic acids is 1. The lowest BCUT2D eigenvalue weighted by atomic mass is 10.2. The van der Waals surface area contributed by atoms with Crippen molar-refractivity contribution in [3.63, 3.8) is 0 Å². The molecule has 0 aromatic carbocycles. The van der Waals surface area contributed by atoms with E-state index in [4.69, 9.17) is 4.74 Å². The summed E-state index contributed by atoms with van der Waals surface area (Å²) in [5.74, 6) is -0.792. The predicted molar refractivity (Wildman–Crippen MR) is 96.1 cm³/mol. The molecule has 1 N–H and O–H groups in total. The highest BCUT2D eigenvalue weighted by molar-refractivity contribution is 7.18. The van der Waals surface area contributed by atoms with Gasteiger partial charge in [0.1, 0.15) is 6.10 Å². The van der Waals surface area contributed by atoms with Crippen LogP contribution in [0.5, 0.6) is 5.19 Å². The van der Waals surface area contributed by atoms with Gasteiger partial charge in [0.25, 0.3) is 5.19 Å². The number of likely N-dealkylation sites (tertiary alicyclic amines) is 1. The maximum atomic E-state index is 14.0. The molecule has 0 bridgehead atoms. The number of anilines is 1. The average molecular weight is 396 g/mol. The van der Waals surface area contributed by atoms with E-state index < -0.39 is 5.95 Å². The van der Waals surface area contributed by atoms with Gasteiger partial charge >= 0.3 is 0 Å². The Morgan fingerprint density at radius 2 is 2.35 bits per heavy atom. The molecule has 2 atom stereocenters. The number of hydrogen-bond donors (Lipinski definition) is 1. The van der Waals surface area contributed by atoms with E-state index in [0.717, 1.165) is 22.7 Å². The summed E-state index contributed by atoms with van der Waals surface area (Å²) >= 11 is 2.56. The number of nitrogens with one attached hydrogen (secondary N) is 1. The molecule has 4 rings (SSSR count). The molecule has 138 valence electrons. The highest BCUT2D eigenvalue weighted by Crippen LogP contribution is 2.30. The molecule has 1 saturated heterocycles. The van der Waals surface area contributed by atoms with Gasteiger partial charge in [-0.1, -0.05) is 11.3 Å². The minimum absolute atomic E-state index is 0.00773. The van der Waals surface area contributed by atoms with Crippen molar-refractivity contribution >= 4 is 38.7 Å². The molecule has 1 amide bonds. The predicted octanol–water partition coefficient (Wildman–Crippen LogP) is 2.39. The third-order valence-corrected chi connectivity index (χ3v) is 5.93. The van der Waals surface area contributed by atoms with Crippen molar-refractivity contribution in [2.45, 2.75) is 39.0 Å². The van der Waals surface area contributed by atoms with Gasteiger partial charge in [-0.15, -0.1) is 5.10 Å². The summed E-state index contributed by atoms with van der Waals surface area (Å²) in [5.41, 5.74) is 0. The van der Waals surface area contributed by atoms with Gasteiger partial charge in [0.05, 0.1) is 11.1 Å².